The van der Waals surface area contributed by atoms with E-state index in [1.807, 2.05) is 24.3 Å². The molecule has 2 aliphatic carbocycles. The first-order valence-corrected chi connectivity index (χ1v) is 11.4. The summed E-state index contributed by atoms with van der Waals surface area (Å²) < 4.78 is 0. The molecule has 1 aromatic carbocycles. The minimum atomic E-state index is -0.169. The van der Waals surface area contributed by atoms with Crippen LogP contribution in [0.5, 0.6) is 0 Å². The predicted octanol–water partition coefficient (Wildman–Crippen LogP) is 4.90. The molecule has 0 bridgehead atoms. The zero-order valence-corrected chi connectivity index (χ0v) is 17.7. The molecule has 0 atom stereocenters. The van der Waals surface area contributed by atoms with Gasteiger partial charge in [0.2, 0.25) is 5.01 Å². The number of nitrogens with one attached hydrogen (secondary N) is 1. The van der Waals surface area contributed by atoms with Crippen LogP contribution in [0.2, 0.25) is 0 Å². The van der Waals surface area contributed by atoms with Crippen molar-refractivity contribution in [2.24, 2.45) is 5.92 Å². The lowest BCUT2D eigenvalue weighted by atomic mass is 9.86. The van der Waals surface area contributed by atoms with Crippen LogP contribution in [0.25, 0.3) is 0 Å². The summed E-state index contributed by atoms with van der Waals surface area (Å²) in [5.74, 6) is 0.693. The van der Waals surface area contributed by atoms with Gasteiger partial charge in [0.15, 0.2) is 0 Å². The van der Waals surface area contributed by atoms with E-state index >= 15 is 0 Å². The number of aryl methyl sites for hydroxylation is 1. The van der Waals surface area contributed by atoms with E-state index < -0.39 is 0 Å². The first-order chi connectivity index (χ1) is 13.6. The Kier molecular flexibility index (Phi) is 6.07. The largest absolute Gasteiger partial charge is 0.320 e. The summed E-state index contributed by atoms with van der Waals surface area (Å²) >= 11 is 1.43. The Morgan fingerprint density at radius 2 is 1.71 bits per heavy atom. The van der Waals surface area contributed by atoms with Gasteiger partial charge in [-0.25, -0.2) is 0 Å². The standard InChI is InChI=1S/C22H30N4OS/c1-3-16-6-8-17(9-7-16)23-21(27)22-25-24-20(28-22)14-26(19-12-13-19)18-10-4-15(2)5-11-18/h6-9,15,18-19H,3-5,10-14H2,1-2H3,(H,23,27). The monoisotopic (exact) mass is 398 g/mol. The van der Waals surface area contributed by atoms with E-state index in [0.717, 1.165) is 29.6 Å². The molecule has 6 heteroatoms. The minimum absolute atomic E-state index is 0.169. The Morgan fingerprint density at radius 1 is 1.07 bits per heavy atom. The molecule has 5 nitrogen and oxygen atoms in total. The quantitative estimate of drug-likeness (QED) is 0.721. The van der Waals surface area contributed by atoms with Crippen molar-refractivity contribution < 1.29 is 4.79 Å². The molecule has 0 spiro atoms. The van der Waals surface area contributed by atoms with Crippen molar-refractivity contribution in [1.29, 1.82) is 0 Å². The number of carbonyl (C=O) groups is 1. The van der Waals surface area contributed by atoms with E-state index in [4.69, 9.17) is 0 Å². The van der Waals surface area contributed by atoms with Crippen LogP contribution in [-0.2, 0) is 13.0 Å². The number of hydrogen-bond donors (Lipinski definition) is 1. The predicted molar refractivity (Wildman–Crippen MR) is 114 cm³/mol. The van der Waals surface area contributed by atoms with E-state index in [9.17, 15) is 4.79 Å². The highest BCUT2D eigenvalue weighted by Gasteiger charge is 2.36. The number of aromatic nitrogens is 2. The van der Waals surface area contributed by atoms with Crippen LogP contribution in [0, 0.1) is 5.92 Å². The fourth-order valence-electron chi connectivity index (χ4n) is 4.11. The highest BCUT2D eigenvalue weighted by molar-refractivity contribution is 7.13. The van der Waals surface area contributed by atoms with Crippen LogP contribution in [0.1, 0.15) is 72.7 Å². The van der Waals surface area contributed by atoms with Crippen molar-refractivity contribution >= 4 is 22.9 Å². The molecule has 1 aromatic heterocycles. The molecule has 150 valence electrons. The number of anilines is 1. The summed E-state index contributed by atoms with van der Waals surface area (Å²) in [6, 6.07) is 9.34. The van der Waals surface area contributed by atoms with Crippen molar-refractivity contribution in [2.45, 2.75) is 77.4 Å². The molecule has 1 heterocycles. The van der Waals surface area contributed by atoms with Crippen LogP contribution in [-0.4, -0.2) is 33.1 Å². The molecule has 0 radical (unpaired) electrons. The molecular weight excluding hydrogens is 368 g/mol. The molecular formula is C22H30N4OS. The number of benzene rings is 1. The van der Waals surface area contributed by atoms with E-state index in [-0.39, 0.29) is 5.91 Å². The Hall–Kier alpha value is -1.79. The molecule has 28 heavy (non-hydrogen) atoms. The maximum Gasteiger partial charge on any atom is 0.286 e. The summed E-state index contributed by atoms with van der Waals surface area (Å²) in [6.07, 6.45) is 8.82. The van der Waals surface area contributed by atoms with E-state index in [1.54, 1.807) is 0 Å². The summed E-state index contributed by atoms with van der Waals surface area (Å²) in [4.78, 5) is 15.2. The van der Waals surface area contributed by atoms with Crippen LogP contribution in [0.15, 0.2) is 24.3 Å². The van der Waals surface area contributed by atoms with Crippen LogP contribution in [0.3, 0.4) is 0 Å². The van der Waals surface area contributed by atoms with E-state index in [1.165, 1.54) is 55.4 Å². The van der Waals surface area contributed by atoms with Gasteiger partial charge in [-0.3, -0.25) is 9.69 Å². The molecule has 2 aliphatic rings. The van der Waals surface area contributed by atoms with Crippen LogP contribution >= 0.6 is 11.3 Å². The van der Waals surface area contributed by atoms with Crippen LogP contribution in [0.4, 0.5) is 5.69 Å². The SMILES string of the molecule is CCc1ccc(NC(=O)c2nnc(CN(C3CCC(C)CC3)C3CC3)s2)cc1. The third-order valence-electron chi connectivity index (χ3n) is 6.07. The van der Waals surface area contributed by atoms with Crippen molar-refractivity contribution in [2.75, 3.05) is 5.32 Å². The fourth-order valence-corrected chi connectivity index (χ4v) is 4.85. The summed E-state index contributed by atoms with van der Waals surface area (Å²) in [7, 11) is 0. The third-order valence-corrected chi connectivity index (χ3v) is 6.98. The lowest BCUT2D eigenvalue weighted by Crippen LogP contribution is -2.39. The zero-order valence-electron chi connectivity index (χ0n) is 16.9. The average Bonchev–Trinajstić information content (AvgIpc) is 3.45. The Balaban J connectivity index is 1.37. The molecule has 1 N–H and O–H groups in total. The van der Waals surface area contributed by atoms with Gasteiger partial charge in [0.1, 0.15) is 5.01 Å². The molecule has 0 aliphatic heterocycles. The maximum atomic E-state index is 12.5. The topological polar surface area (TPSA) is 58.1 Å². The highest BCUT2D eigenvalue weighted by atomic mass is 32.1. The average molecular weight is 399 g/mol. The Labute approximate surface area is 171 Å². The lowest BCUT2D eigenvalue weighted by molar-refractivity contribution is 0.102. The van der Waals surface area contributed by atoms with Gasteiger partial charge in [0, 0.05) is 17.8 Å². The number of hydrogen-bond acceptors (Lipinski definition) is 5. The summed E-state index contributed by atoms with van der Waals surface area (Å²) in [5, 5.41) is 12.8. The molecule has 0 saturated heterocycles. The van der Waals surface area contributed by atoms with E-state index in [2.05, 4.69) is 34.3 Å². The number of carbonyl (C=O) groups excluding carboxylic acids is 1. The first-order valence-electron chi connectivity index (χ1n) is 10.6. The smallest absolute Gasteiger partial charge is 0.286 e. The highest BCUT2D eigenvalue weighted by Crippen LogP contribution is 2.36. The van der Waals surface area contributed by atoms with Crippen molar-refractivity contribution in [1.82, 2.24) is 15.1 Å². The number of amides is 1. The Morgan fingerprint density at radius 3 is 2.32 bits per heavy atom. The van der Waals surface area contributed by atoms with Gasteiger partial charge in [-0.1, -0.05) is 37.3 Å². The van der Waals surface area contributed by atoms with Crippen molar-refractivity contribution in [3.05, 3.63) is 39.8 Å². The minimum Gasteiger partial charge on any atom is -0.320 e. The fraction of sp³-hybridized carbons (Fsp3) is 0.591. The molecule has 2 saturated carbocycles. The number of rotatable bonds is 7. The second kappa shape index (κ2) is 8.70. The molecule has 1 amide bonds. The van der Waals surface area contributed by atoms with Gasteiger partial charge in [-0.2, -0.15) is 0 Å². The lowest BCUT2D eigenvalue weighted by Gasteiger charge is -2.35. The number of nitrogens with zero attached hydrogens (tertiary/aromatic N) is 3. The van der Waals surface area contributed by atoms with Crippen LogP contribution < -0.4 is 5.32 Å². The molecule has 2 aromatic rings. The maximum absolute atomic E-state index is 12.5. The molecule has 0 unspecified atom stereocenters. The third kappa shape index (κ3) is 4.78. The van der Waals surface area contributed by atoms with Gasteiger partial charge in [0.25, 0.3) is 5.91 Å². The first kappa shape index (κ1) is 19.5. The van der Waals surface area contributed by atoms with Gasteiger partial charge in [0.05, 0.1) is 6.54 Å². The molecule has 2 fully saturated rings. The van der Waals surface area contributed by atoms with Gasteiger partial charge in [-0.05, 0) is 68.6 Å². The van der Waals surface area contributed by atoms with Crippen molar-refractivity contribution in [3.63, 3.8) is 0 Å². The van der Waals surface area contributed by atoms with Gasteiger partial charge < -0.3 is 5.32 Å². The van der Waals surface area contributed by atoms with Gasteiger partial charge >= 0.3 is 0 Å². The second-order valence-electron chi connectivity index (χ2n) is 8.32. The van der Waals surface area contributed by atoms with E-state index in [0.29, 0.717) is 17.1 Å². The van der Waals surface area contributed by atoms with Gasteiger partial charge in [-0.15, -0.1) is 10.2 Å². The Bertz CT molecular complexity index is 791. The summed E-state index contributed by atoms with van der Waals surface area (Å²) in [5.41, 5.74) is 2.06. The molecule has 4 rings (SSSR count). The second-order valence-corrected chi connectivity index (χ2v) is 9.38. The van der Waals surface area contributed by atoms with Crippen molar-refractivity contribution in [3.8, 4) is 0 Å². The normalized spacial score (nSPS) is 22.4. The zero-order chi connectivity index (χ0) is 19.5. The summed E-state index contributed by atoms with van der Waals surface area (Å²) in [6.45, 7) is 5.32.